The average Bonchev–Trinajstić information content (AvgIpc) is 3.55. The van der Waals surface area contributed by atoms with Crippen LogP contribution in [-0.4, -0.2) is 14.7 Å². The maximum absolute atomic E-state index is 6.01. The molecule has 37 heavy (non-hydrogen) atoms. The van der Waals surface area contributed by atoms with Crippen LogP contribution in [0.15, 0.2) is 126 Å². The third-order valence-corrected chi connectivity index (χ3v) is 7.17. The van der Waals surface area contributed by atoms with Gasteiger partial charge < -0.3 is 19.5 Å². The molecule has 182 valence electrons. The number of hydrogen-bond acceptors (Lipinski definition) is 3. The molecule has 0 aliphatic carbocycles. The van der Waals surface area contributed by atoms with Gasteiger partial charge in [0.2, 0.25) is 0 Å². The molecule has 7 heteroatoms. The molecular formula is C30H23BrN4OS. The molecule has 6 rings (SSSR count). The first kappa shape index (κ1) is 23.5. The van der Waals surface area contributed by atoms with Crippen LogP contribution in [0, 0.1) is 0 Å². The van der Waals surface area contributed by atoms with Crippen LogP contribution in [-0.2, 0) is 0 Å². The molecule has 1 N–H and O–H groups in total. The lowest BCUT2D eigenvalue weighted by atomic mass is 10.0. The Morgan fingerprint density at radius 2 is 1.57 bits per heavy atom. The summed E-state index contributed by atoms with van der Waals surface area (Å²) >= 11 is 9.52. The molecular weight excluding hydrogens is 544 g/mol. The molecule has 5 nitrogen and oxygen atoms in total. The van der Waals surface area contributed by atoms with Crippen molar-refractivity contribution in [2.45, 2.75) is 12.1 Å². The second-order valence-corrected chi connectivity index (χ2v) is 9.99. The Morgan fingerprint density at radius 1 is 0.784 bits per heavy atom. The summed E-state index contributed by atoms with van der Waals surface area (Å²) < 4.78 is 9.25. The molecule has 2 aromatic heterocycles. The maximum atomic E-state index is 6.01. The number of aromatic nitrogens is 2. The summed E-state index contributed by atoms with van der Waals surface area (Å²) in [5.74, 6) is 1.57. The van der Waals surface area contributed by atoms with Crippen molar-refractivity contribution in [2.24, 2.45) is 0 Å². The van der Waals surface area contributed by atoms with E-state index in [1.54, 1.807) is 0 Å². The number of nitrogens with zero attached hydrogens (tertiary/aromatic N) is 3. The molecule has 2 atom stereocenters. The first-order valence-electron chi connectivity index (χ1n) is 11.9. The van der Waals surface area contributed by atoms with E-state index < -0.39 is 0 Å². The van der Waals surface area contributed by atoms with E-state index in [4.69, 9.17) is 17.0 Å². The molecule has 1 aliphatic rings. The van der Waals surface area contributed by atoms with E-state index in [2.05, 4.69) is 66.2 Å². The predicted octanol–water partition coefficient (Wildman–Crippen LogP) is 7.60. The van der Waals surface area contributed by atoms with Crippen LogP contribution >= 0.6 is 28.1 Å². The number of para-hydroxylation sites is 1. The van der Waals surface area contributed by atoms with Gasteiger partial charge in [0.25, 0.3) is 0 Å². The van der Waals surface area contributed by atoms with E-state index in [0.717, 1.165) is 38.7 Å². The van der Waals surface area contributed by atoms with Crippen LogP contribution in [0.25, 0.3) is 5.69 Å². The molecule has 0 radical (unpaired) electrons. The number of anilines is 1. The van der Waals surface area contributed by atoms with Crippen LogP contribution in [0.4, 0.5) is 5.69 Å². The first-order chi connectivity index (χ1) is 18.2. The second-order valence-electron chi connectivity index (χ2n) is 8.69. The zero-order valence-corrected chi connectivity index (χ0v) is 22.1. The fourth-order valence-electron chi connectivity index (χ4n) is 4.73. The predicted molar refractivity (Wildman–Crippen MR) is 154 cm³/mol. The van der Waals surface area contributed by atoms with Crippen LogP contribution in [0.2, 0.25) is 0 Å². The first-order valence-corrected chi connectivity index (χ1v) is 13.1. The lowest BCUT2D eigenvalue weighted by Crippen LogP contribution is -2.30. The number of hydrogen-bond donors (Lipinski definition) is 1. The quantitative estimate of drug-likeness (QED) is 0.214. The zero-order valence-electron chi connectivity index (χ0n) is 19.7. The van der Waals surface area contributed by atoms with Crippen molar-refractivity contribution in [2.75, 3.05) is 4.90 Å². The summed E-state index contributed by atoms with van der Waals surface area (Å²) in [6.45, 7) is 0. The Labute approximate surface area is 229 Å². The van der Waals surface area contributed by atoms with Crippen LogP contribution in [0.5, 0.6) is 11.5 Å². The smallest absolute Gasteiger partial charge is 0.174 e. The van der Waals surface area contributed by atoms with Gasteiger partial charge in [-0.05, 0) is 91.1 Å². The van der Waals surface area contributed by atoms with E-state index in [-0.39, 0.29) is 12.1 Å². The van der Waals surface area contributed by atoms with Gasteiger partial charge in [-0.1, -0.05) is 46.3 Å². The molecule has 1 saturated heterocycles. The van der Waals surface area contributed by atoms with Gasteiger partial charge in [-0.25, -0.2) is 0 Å². The summed E-state index contributed by atoms with van der Waals surface area (Å²) in [6, 6.07) is 36.0. The van der Waals surface area contributed by atoms with Crippen molar-refractivity contribution < 1.29 is 4.74 Å². The van der Waals surface area contributed by atoms with Gasteiger partial charge in [-0.2, -0.15) is 0 Å². The molecule has 5 aromatic rings. The minimum absolute atomic E-state index is 0.128. The van der Waals surface area contributed by atoms with Gasteiger partial charge in [-0.15, -0.1) is 0 Å². The summed E-state index contributed by atoms with van der Waals surface area (Å²) in [5, 5.41) is 4.19. The van der Waals surface area contributed by atoms with Gasteiger partial charge in [0, 0.05) is 33.9 Å². The van der Waals surface area contributed by atoms with Crippen LogP contribution < -0.4 is 15.0 Å². The van der Waals surface area contributed by atoms with E-state index in [1.807, 2.05) is 91.1 Å². The van der Waals surface area contributed by atoms with Crippen molar-refractivity contribution in [3.05, 3.63) is 137 Å². The minimum Gasteiger partial charge on any atom is -0.457 e. The lowest BCUT2D eigenvalue weighted by Gasteiger charge is -2.29. The third kappa shape index (κ3) is 4.75. The molecule has 1 aliphatic heterocycles. The molecule has 0 saturated carbocycles. The number of thiocarbonyl (C=S) groups is 1. The topological polar surface area (TPSA) is 42.3 Å². The van der Waals surface area contributed by atoms with Gasteiger partial charge in [0.1, 0.15) is 17.5 Å². The van der Waals surface area contributed by atoms with Gasteiger partial charge >= 0.3 is 0 Å². The fourth-order valence-corrected chi connectivity index (χ4v) is 5.46. The van der Waals surface area contributed by atoms with E-state index >= 15 is 0 Å². The fraction of sp³-hybridized carbons (Fsp3) is 0.0667. The Morgan fingerprint density at radius 3 is 2.32 bits per heavy atom. The Hall–Kier alpha value is -3.94. The number of nitrogens with one attached hydrogen (secondary N) is 1. The average molecular weight is 568 g/mol. The summed E-state index contributed by atoms with van der Waals surface area (Å²) in [6.07, 6.45) is 3.91. The van der Waals surface area contributed by atoms with Gasteiger partial charge in [0.05, 0.1) is 11.7 Å². The SMILES string of the molecule is S=C1NC(c2ccccn2)C(c2cccn2-c2cccc(Br)c2)N1c1ccc(Oc2ccccc2)cc1. The molecule has 2 unspecified atom stereocenters. The highest BCUT2D eigenvalue weighted by atomic mass is 79.9. The molecule has 0 amide bonds. The Balaban J connectivity index is 1.41. The highest BCUT2D eigenvalue weighted by Gasteiger charge is 2.42. The van der Waals surface area contributed by atoms with Crippen LogP contribution in [0.1, 0.15) is 23.5 Å². The monoisotopic (exact) mass is 566 g/mol. The van der Waals surface area contributed by atoms with Crippen molar-refractivity contribution in [1.82, 2.24) is 14.9 Å². The molecule has 1 fully saturated rings. The maximum Gasteiger partial charge on any atom is 0.174 e. The molecule has 0 bridgehead atoms. The summed E-state index contributed by atoms with van der Waals surface area (Å²) in [7, 11) is 0. The molecule has 3 aromatic carbocycles. The largest absolute Gasteiger partial charge is 0.457 e. The van der Waals surface area contributed by atoms with E-state index in [1.165, 1.54) is 0 Å². The van der Waals surface area contributed by atoms with Gasteiger partial charge in [-0.3, -0.25) is 4.98 Å². The highest BCUT2D eigenvalue weighted by Crippen LogP contribution is 2.42. The third-order valence-electron chi connectivity index (χ3n) is 6.36. The lowest BCUT2D eigenvalue weighted by molar-refractivity contribution is 0.482. The normalized spacial score (nSPS) is 17.0. The molecule has 0 spiro atoms. The van der Waals surface area contributed by atoms with Crippen LogP contribution in [0.3, 0.4) is 0 Å². The number of halogens is 1. The molecule has 3 heterocycles. The number of pyridine rings is 1. The van der Waals surface area contributed by atoms with E-state index in [9.17, 15) is 0 Å². The standard InChI is InChI=1S/C30H23BrN4OS/c31-21-8-6-9-23(20-21)34-19-7-13-27(34)29-28(26-12-4-5-18-32-26)33-30(37)35(29)22-14-16-25(17-15-22)36-24-10-2-1-3-11-24/h1-20,28-29H,(H,33,37). The summed E-state index contributed by atoms with van der Waals surface area (Å²) in [4.78, 5) is 6.85. The van der Waals surface area contributed by atoms with E-state index in [0.29, 0.717) is 5.11 Å². The number of ether oxygens (including phenoxy) is 1. The van der Waals surface area contributed by atoms with Crippen molar-refractivity contribution in [1.29, 1.82) is 0 Å². The minimum atomic E-state index is -0.130. The van der Waals surface area contributed by atoms with Crippen molar-refractivity contribution in [3.8, 4) is 17.2 Å². The highest BCUT2D eigenvalue weighted by molar-refractivity contribution is 9.10. The number of rotatable bonds is 6. The van der Waals surface area contributed by atoms with Crippen molar-refractivity contribution in [3.63, 3.8) is 0 Å². The zero-order chi connectivity index (χ0) is 25.2. The second kappa shape index (κ2) is 10.2. The van der Waals surface area contributed by atoms with Gasteiger partial charge in [0.15, 0.2) is 5.11 Å². The Kier molecular flexibility index (Phi) is 6.47. The number of benzene rings is 3. The summed E-state index contributed by atoms with van der Waals surface area (Å²) in [5.41, 5.74) is 4.08. The van der Waals surface area contributed by atoms with Crippen molar-refractivity contribution >= 4 is 38.9 Å². The Bertz CT molecular complexity index is 1520.